The Hall–Kier alpha value is -1.18. The number of benzene rings is 1. The number of imidazole rings is 1. The van der Waals surface area contributed by atoms with Gasteiger partial charge in [-0.05, 0) is 43.0 Å². The Kier molecular flexibility index (Phi) is 4.65. The van der Waals surface area contributed by atoms with E-state index in [9.17, 15) is 8.42 Å². The highest BCUT2D eigenvalue weighted by molar-refractivity contribution is 9.10. The van der Waals surface area contributed by atoms with Crippen LogP contribution in [0.15, 0.2) is 52.4 Å². The summed E-state index contributed by atoms with van der Waals surface area (Å²) in [4.78, 5) is 4.41. The Labute approximate surface area is 139 Å². The van der Waals surface area contributed by atoms with E-state index in [-0.39, 0.29) is 0 Å². The number of aromatic nitrogens is 2. The first-order valence-corrected chi connectivity index (χ1v) is 9.50. The monoisotopic (exact) mass is 383 g/mol. The molecule has 7 heteroatoms. The van der Waals surface area contributed by atoms with Gasteiger partial charge in [0.2, 0.25) is 10.0 Å². The second-order valence-electron chi connectivity index (χ2n) is 5.56. The molecule has 0 atom stereocenters. The maximum Gasteiger partial charge on any atom is 0.243 e. The van der Waals surface area contributed by atoms with Gasteiger partial charge in [-0.25, -0.2) is 13.4 Å². The van der Waals surface area contributed by atoms with Crippen LogP contribution in [0.3, 0.4) is 0 Å². The molecule has 0 saturated carbocycles. The minimum Gasteiger partial charge on any atom is -0.337 e. The molecule has 5 nitrogen and oxygen atoms in total. The molecule has 118 valence electrons. The van der Waals surface area contributed by atoms with Crippen molar-refractivity contribution in [1.82, 2.24) is 13.9 Å². The van der Waals surface area contributed by atoms with Gasteiger partial charge < -0.3 is 4.57 Å². The summed E-state index contributed by atoms with van der Waals surface area (Å²) in [5.41, 5.74) is 0. The van der Waals surface area contributed by atoms with E-state index in [1.54, 1.807) is 34.8 Å². The molecule has 0 aliphatic carbocycles. The van der Waals surface area contributed by atoms with E-state index in [2.05, 4.69) is 25.5 Å². The van der Waals surface area contributed by atoms with Crippen LogP contribution in [0.5, 0.6) is 0 Å². The summed E-state index contributed by atoms with van der Waals surface area (Å²) in [6.07, 6.45) is 7.30. The first kappa shape index (κ1) is 15.7. The van der Waals surface area contributed by atoms with Crippen molar-refractivity contribution in [3.63, 3.8) is 0 Å². The minimum absolute atomic E-state index is 0.365. The first-order valence-electron chi connectivity index (χ1n) is 7.27. The smallest absolute Gasteiger partial charge is 0.243 e. The molecule has 2 aromatic rings. The molecular formula is C15H18BrN3O2S. The molecule has 0 amide bonds. The highest BCUT2D eigenvalue weighted by Crippen LogP contribution is 2.25. The Bertz CT molecular complexity index is 706. The summed E-state index contributed by atoms with van der Waals surface area (Å²) in [7, 11) is -3.37. The summed E-state index contributed by atoms with van der Waals surface area (Å²) in [5, 5.41) is 0. The van der Waals surface area contributed by atoms with E-state index in [0.29, 0.717) is 23.9 Å². The molecule has 1 fully saturated rings. The number of hydrogen-bond donors (Lipinski definition) is 0. The van der Waals surface area contributed by atoms with Crippen LogP contribution in [0.1, 0.15) is 12.8 Å². The molecule has 0 N–H and O–H groups in total. The summed E-state index contributed by atoms with van der Waals surface area (Å²) in [6, 6.07) is 6.82. The Balaban J connectivity index is 1.64. The van der Waals surface area contributed by atoms with Crippen LogP contribution in [-0.4, -0.2) is 35.4 Å². The van der Waals surface area contributed by atoms with Crippen molar-refractivity contribution >= 4 is 26.0 Å². The maximum absolute atomic E-state index is 12.6. The maximum atomic E-state index is 12.6. The minimum atomic E-state index is -3.37. The topological polar surface area (TPSA) is 55.2 Å². The highest BCUT2D eigenvalue weighted by atomic mass is 79.9. The fourth-order valence-corrected chi connectivity index (χ4v) is 4.51. The molecule has 1 saturated heterocycles. The van der Waals surface area contributed by atoms with Gasteiger partial charge in [-0.2, -0.15) is 4.31 Å². The standard InChI is InChI=1S/C15H18BrN3O2S/c16-14-1-3-15(4-2-14)22(20,21)19-8-5-13(6-9-19)11-18-10-7-17-12-18/h1-4,7,10,12-13H,5-6,8-9,11H2. The van der Waals surface area contributed by atoms with Crippen molar-refractivity contribution in [1.29, 1.82) is 0 Å². The van der Waals surface area contributed by atoms with Crippen LogP contribution in [0.4, 0.5) is 0 Å². The second kappa shape index (κ2) is 6.52. The summed E-state index contributed by atoms with van der Waals surface area (Å²) < 4.78 is 29.8. The molecule has 1 aliphatic rings. The summed E-state index contributed by atoms with van der Waals surface area (Å²) in [5.74, 6) is 0.505. The SMILES string of the molecule is O=S(=O)(c1ccc(Br)cc1)N1CCC(Cn2ccnc2)CC1. The third kappa shape index (κ3) is 3.42. The zero-order chi connectivity index (χ0) is 15.6. The summed E-state index contributed by atoms with van der Waals surface area (Å²) >= 11 is 3.33. The third-order valence-electron chi connectivity index (χ3n) is 4.05. The fourth-order valence-electron chi connectivity index (χ4n) is 2.78. The first-order chi connectivity index (χ1) is 10.6. The largest absolute Gasteiger partial charge is 0.337 e. The average Bonchev–Trinajstić information content (AvgIpc) is 3.01. The molecule has 1 aliphatic heterocycles. The van der Waals surface area contributed by atoms with E-state index in [1.807, 2.05) is 12.5 Å². The van der Waals surface area contributed by atoms with Crippen LogP contribution >= 0.6 is 15.9 Å². The van der Waals surface area contributed by atoms with E-state index in [0.717, 1.165) is 23.9 Å². The molecule has 1 aromatic heterocycles. The molecule has 0 radical (unpaired) electrons. The van der Waals surface area contributed by atoms with Gasteiger partial charge in [0, 0.05) is 36.5 Å². The number of rotatable bonds is 4. The number of hydrogen-bond acceptors (Lipinski definition) is 3. The second-order valence-corrected chi connectivity index (χ2v) is 8.41. The lowest BCUT2D eigenvalue weighted by molar-refractivity contribution is 0.253. The fraction of sp³-hybridized carbons (Fsp3) is 0.400. The van der Waals surface area contributed by atoms with Gasteiger partial charge in [-0.15, -0.1) is 0 Å². The van der Waals surface area contributed by atoms with Crippen molar-refractivity contribution in [2.45, 2.75) is 24.3 Å². The van der Waals surface area contributed by atoms with E-state index in [1.165, 1.54) is 0 Å². The zero-order valence-corrected chi connectivity index (χ0v) is 14.5. The molecular weight excluding hydrogens is 366 g/mol. The molecule has 22 heavy (non-hydrogen) atoms. The van der Waals surface area contributed by atoms with Crippen molar-refractivity contribution in [2.24, 2.45) is 5.92 Å². The number of piperidine rings is 1. The Morgan fingerprint density at radius 3 is 2.45 bits per heavy atom. The van der Waals surface area contributed by atoms with Crippen molar-refractivity contribution in [3.8, 4) is 0 Å². The molecule has 2 heterocycles. The van der Waals surface area contributed by atoms with Gasteiger partial charge in [0.25, 0.3) is 0 Å². The van der Waals surface area contributed by atoms with Crippen LogP contribution in [0.2, 0.25) is 0 Å². The number of sulfonamides is 1. The Morgan fingerprint density at radius 1 is 1.18 bits per heavy atom. The average molecular weight is 384 g/mol. The van der Waals surface area contributed by atoms with Crippen molar-refractivity contribution in [2.75, 3.05) is 13.1 Å². The predicted molar refractivity (Wildman–Crippen MR) is 87.9 cm³/mol. The van der Waals surface area contributed by atoms with Gasteiger partial charge in [0.1, 0.15) is 0 Å². The molecule has 0 unspecified atom stereocenters. The predicted octanol–water partition coefficient (Wildman–Crippen LogP) is 2.75. The molecule has 3 rings (SSSR count). The highest BCUT2D eigenvalue weighted by Gasteiger charge is 2.29. The van der Waals surface area contributed by atoms with Gasteiger partial charge in [-0.1, -0.05) is 15.9 Å². The van der Waals surface area contributed by atoms with Crippen LogP contribution in [-0.2, 0) is 16.6 Å². The molecule has 1 aromatic carbocycles. The zero-order valence-electron chi connectivity index (χ0n) is 12.1. The lowest BCUT2D eigenvalue weighted by Crippen LogP contribution is -2.39. The van der Waals surface area contributed by atoms with Gasteiger partial charge >= 0.3 is 0 Å². The van der Waals surface area contributed by atoms with Gasteiger partial charge in [0.05, 0.1) is 11.2 Å². The third-order valence-corrected chi connectivity index (χ3v) is 6.49. The van der Waals surface area contributed by atoms with E-state index < -0.39 is 10.0 Å². The normalized spacial score (nSPS) is 17.7. The number of halogens is 1. The quantitative estimate of drug-likeness (QED) is 0.815. The lowest BCUT2D eigenvalue weighted by Gasteiger charge is -2.31. The summed E-state index contributed by atoms with van der Waals surface area (Å²) in [6.45, 7) is 2.07. The molecule has 0 bridgehead atoms. The lowest BCUT2D eigenvalue weighted by atomic mass is 9.98. The van der Waals surface area contributed by atoms with Crippen LogP contribution in [0.25, 0.3) is 0 Å². The van der Waals surface area contributed by atoms with Crippen molar-refractivity contribution in [3.05, 3.63) is 47.5 Å². The van der Waals surface area contributed by atoms with Crippen LogP contribution in [0, 0.1) is 5.92 Å². The van der Waals surface area contributed by atoms with Crippen molar-refractivity contribution < 1.29 is 8.42 Å². The molecule has 0 spiro atoms. The van der Waals surface area contributed by atoms with E-state index in [4.69, 9.17) is 0 Å². The van der Waals surface area contributed by atoms with Gasteiger partial charge in [-0.3, -0.25) is 0 Å². The Morgan fingerprint density at radius 2 is 1.86 bits per heavy atom. The van der Waals surface area contributed by atoms with Gasteiger partial charge in [0.15, 0.2) is 0 Å². The number of nitrogens with zero attached hydrogens (tertiary/aromatic N) is 3. The van der Waals surface area contributed by atoms with E-state index >= 15 is 0 Å². The van der Waals surface area contributed by atoms with Crippen LogP contribution < -0.4 is 0 Å².